The number of rotatable bonds is 4. The maximum absolute atomic E-state index is 4.73. The quantitative estimate of drug-likeness (QED) is 0.132. The van der Waals surface area contributed by atoms with Gasteiger partial charge in [0.1, 0.15) is 0 Å². The van der Waals surface area contributed by atoms with Crippen LogP contribution in [0.15, 0.2) is 189 Å². The first-order valence-electron chi connectivity index (χ1n) is 20.7. The minimum Gasteiger partial charge on any atom is -0.313 e. The van der Waals surface area contributed by atoms with Crippen LogP contribution in [-0.2, 0) is 6.42 Å². The molecule has 5 aromatic carbocycles. The molecule has 0 spiro atoms. The van der Waals surface area contributed by atoms with E-state index in [4.69, 9.17) is 9.97 Å². The predicted molar refractivity (Wildman–Crippen MR) is 254 cm³/mol. The Hall–Kier alpha value is -7.04. The van der Waals surface area contributed by atoms with Crippen LogP contribution >= 0.6 is 0 Å². The van der Waals surface area contributed by atoms with Crippen LogP contribution in [0.3, 0.4) is 0 Å². The number of hydrogen-bond donors (Lipinski definition) is 0. The highest BCUT2D eigenvalue weighted by Crippen LogP contribution is 2.54. The van der Waals surface area contributed by atoms with E-state index in [0.29, 0.717) is 0 Å². The normalized spacial score (nSPS) is 13.9. The molecule has 2 aliphatic rings. The summed E-state index contributed by atoms with van der Waals surface area (Å²) in [4.78, 5) is 11.9. The Morgan fingerprint density at radius 2 is 1.27 bits per heavy atom. The Morgan fingerprint density at radius 1 is 0.627 bits per heavy atom. The molecular weight excluding hydrogens is 717 g/mol. The topological polar surface area (TPSA) is 33.4 Å². The molecule has 0 radical (unpaired) electrons. The SMILES string of the molecule is C/C=C\C.C1=C2C(Cc3c1ccc1c3c3cccc4c5ccccc5n1c43)c1ccccc1N2c1cc(-c2ccccn2)cc(-c2ccccn2)c1.C=C/C=C\C.CC. The lowest BCUT2D eigenvalue weighted by Gasteiger charge is -2.28. The number of benzene rings is 5. The number of hydrogen-bond acceptors (Lipinski definition) is 3. The van der Waals surface area contributed by atoms with E-state index in [2.05, 4.69) is 143 Å². The molecule has 0 bridgehead atoms. The van der Waals surface area contributed by atoms with Gasteiger partial charge in [-0.05, 0) is 111 Å². The molecule has 9 aromatic rings. The third-order valence-corrected chi connectivity index (χ3v) is 11.2. The van der Waals surface area contributed by atoms with Gasteiger partial charge < -0.3 is 9.30 Å². The van der Waals surface area contributed by atoms with Crippen LogP contribution in [0.1, 0.15) is 57.2 Å². The van der Waals surface area contributed by atoms with Crippen LogP contribution < -0.4 is 4.90 Å². The minimum absolute atomic E-state index is 0.243. The standard InChI is InChI=1S/C44H28N4.C5H8.C4H8.C2H6/c1-4-17-40-31(10-1)33-12-9-13-34-43-35-26-36-32-11-2-3-16-39(32)47(42(36)25-27(35)18-19-41(43)48(40)44(33)34)30-23-28(37-14-5-7-20-45-37)22-29(24-30)38-15-6-8-21-46-38;1-3-5-4-2;1-3-4-2;1-2/h1-25,36H,26H2;3-5H,1H2,2H3;3-4H,1-2H3;1-2H3/b;5-4-;4-3-;. The van der Waals surface area contributed by atoms with E-state index >= 15 is 0 Å². The fraction of sp³-hybridized carbons (Fsp3) is 0.127. The molecule has 1 aliphatic carbocycles. The van der Waals surface area contributed by atoms with Gasteiger partial charge >= 0.3 is 0 Å². The number of anilines is 2. The molecule has 0 fully saturated rings. The first-order valence-corrected chi connectivity index (χ1v) is 20.7. The molecule has 1 aliphatic heterocycles. The molecule has 11 rings (SSSR count). The Morgan fingerprint density at radius 3 is 1.92 bits per heavy atom. The summed E-state index contributed by atoms with van der Waals surface area (Å²) in [5.41, 5.74) is 15.7. The fourth-order valence-corrected chi connectivity index (χ4v) is 8.67. The molecule has 0 N–H and O–H groups in total. The van der Waals surface area contributed by atoms with Gasteiger partial charge in [0.25, 0.3) is 0 Å². The summed E-state index contributed by atoms with van der Waals surface area (Å²) in [6.07, 6.45) is 16.7. The second kappa shape index (κ2) is 17.2. The fourth-order valence-electron chi connectivity index (χ4n) is 8.67. The third kappa shape index (κ3) is 6.91. The molecule has 5 heterocycles. The summed E-state index contributed by atoms with van der Waals surface area (Å²) < 4.78 is 2.49. The highest BCUT2D eigenvalue weighted by Gasteiger charge is 2.38. The van der Waals surface area contributed by atoms with Crippen LogP contribution in [0.2, 0.25) is 0 Å². The lowest BCUT2D eigenvalue weighted by Crippen LogP contribution is -2.18. The molecule has 0 saturated carbocycles. The molecule has 1 atom stereocenters. The van der Waals surface area contributed by atoms with Crippen LogP contribution in [0.5, 0.6) is 0 Å². The van der Waals surface area contributed by atoms with E-state index in [1.54, 1.807) is 6.08 Å². The third-order valence-electron chi connectivity index (χ3n) is 11.2. The first-order chi connectivity index (χ1) is 29.1. The van der Waals surface area contributed by atoms with Gasteiger partial charge in [-0.2, -0.15) is 0 Å². The van der Waals surface area contributed by atoms with Crippen molar-refractivity contribution >= 4 is 55.5 Å². The van der Waals surface area contributed by atoms with Gasteiger partial charge in [0, 0.05) is 68.1 Å². The van der Waals surface area contributed by atoms with Crippen LogP contribution in [-0.4, -0.2) is 14.4 Å². The Labute approximate surface area is 348 Å². The van der Waals surface area contributed by atoms with Crippen molar-refractivity contribution in [3.63, 3.8) is 0 Å². The number of pyridine rings is 2. The number of allylic oxidation sites excluding steroid dienone is 6. The lowest BCUT2D eigenvalue weighted by molar-refractivity contribution is 0.804. The summed E-state index contributed by atoms with van der Waals surface area (Å²) in [6.45, 7) is 13.4. The van der Waals surface area contributed by atoms with Crippen molar-refractivity contribution in [1.29, 1.82) is 0 Å². The van der Waals surface area contributed by atoms with E-state index in [0.717, 1.165) is 34.6 Å². The van der Waals surface area contributed by atoms with E-state index in [-0.39, 0.29) is 5.92 Å². The van der Waals surface area contributed by atoms with Gasteiger partial charge in [-0.15, -0.1) is 0 Å². The monoisotopic (exact) mass is 766 g/mol. The predicted octanol–water partition coefficient (Wildman–Crippen LogP) is 15.2. The molecule has 4 heteroatoms. The second-order valence-corrected chi connectivity index (χ2v) is 14.4. The zero-order chi connectivity index (χ0) is 40.9. The Balaban J connectivity index is 0.000000397. The zero-order valence-electron chi connectivity index (χ0n) is 34.6. The molecule has 59 heavy (non-hydrogen) atoms. The molecule has 4 aromatic heterocycles. The molecule has 290 valence electrons. The van der Waals surface area contributed by atoms with Crippen molar-refractivity contribution in [1.82, 2.24) is 14.4 Å². The van der Waals surface area contributed by atoms with E-state index in [1.165, 1.54) is 66.2 Å². The summed E-state index contributed by atoms with van der Waals surface area (Å²) >= 11 is 0. The lowest BCUT2D eigenvalue weighted by atomic mass is 9.82. The van der Waals surface area contributed by atoms with Crippen molar-refractivity contribution in [2.24, 2.45) is 0 Å². The molecule has 4 nitrogen and oxygen atoms in total. The van der Waals surface area contributed by atoms with Crippen molar-refractivity contribution in [2.75, 3.05) is 4.90 Å². The maximum Gasteiger partial charge on any atom is 0.0702 e. The van der Waals surface area contributed by atoms with Crippen molar-refractivity contribution in [2.45, 2.75) is 47.0 Å². The first kappa shape index (κ1) is 38.8. The summed E-state index contributed by atoms with van der Waals surface area (Å²) in [5.74, 6) is 0.243. The number of fused-ring (bicyclic) bond motifs is 11. The smallest absolute Gasteiger partial charge is 0.0702 e. The number of nitrogens with zero attached hydrogens (tertiary/aromatic N) is 4. The van der Waals surface area contributed by atoms with E-state index < -0.39 is 0 Å². The molecule has 1 unspecified atom stereocenters. The minimum atomic E-state index is 0.243. The molecular formula is C55H50N4. The zero-order valence-corrected chi connectivity index (χ0v) is 34.6. The Bertz CT molecular complexity index is 2920. The average molecular weight is 767 g/mol. The van der Waals surface area contributed by atoms with Crippen LogP contribution in [0.4, 0.5) is 11.4 Å². The summed E-state index contributed by atoms with van der Waals surface area (Å²) in [5, 5.41) is 5.38. The Kier molecular flexibility index (Phi) is 11.3. The van der Waals surface area contributed by atoms with Crippen molar-refractivity contribution in [3.8, 4) is 22.5 Å². The summed E-state index contributed by atoms with van der Waals surface area (Å²) in [7, 11) is 0. The van der Waals surface area contributed by atoms with Gasteiger partial charge in [0.2, 0.25) is 0 Å². The highest BCUT2D eigenvalue weighted by molar-refractivity contribution is 6.24. The number of aromatic nitrogens is 3. The van der Waals surface area contributed by atoms with Gasteiger partial charge in [-0.3, -0.25) is 9.97 Å². The summed E-state index contributed by atoms with van der Waals surface area (Å²) in [6, 6.07) is 48.2. The van der Waals surface area contributed by atoms with E-state index in [9.17, 15) is 0 Å². The van der Waals surface area contributed by atoms with E-state index in [1.807, 2.05) is 83.4 Å². The van der Waals surface area contributed by atoms with Gasteiger partial charge in [0.05, 0.1) is 27.9 Å². The van der Waals surface area contributed by atoms with Crippen molar-refractivity contribution < 1.29 is 0 Å². The second-order valence-electron chi connectivity index (χ2n) is 14.4. The maximum atomic E-state index is 4.73. The molecule has 0 amide bonds. The van der Waals surface area contributed by atoms with Crippen LogP contribution in [0, 0.1) is 0 Å². The van der Waals surface area contributed by atoms with Gasteiger partial charge in [0.15, 0.2) is 0 Å². The van der Waals surface area contributed by atoms with Crippen molar-refractivity contribution in [3.05, 3.63) is 205 Å². The molecule has 0 saturated heterocycles. The van der Waals surface area contributed by atoms with Crippen LogP contribution in [0.25, 0.3) is 66.7 Å². The largest absolute Gasteiger partial charge is 0.313 e. The average Bonchev–Trinajstić information content (AvgIpc) is 3.95. The highest BCUT2D eigenvalue weighted by atomic mass is 15.2. The number of para-hydroxylation sites is 3. The van der Waals surface area contributed by atoms with Gasteiger partial charge in [-0.1, -0.05) is 124 Å². The van der Waals surface area contributed by atoms with Gasteiger partial charge in [-0.25, -0.2) is 0 Å².